The zero-order chi connectivity index (χ0) is 24.9. The van der Waals surface area contributed by atoms with Gasteiger partial charge in [0, 0.05) is 9.75 Å². The van der Waals surface area contributed by atoms with Gasteiger partial charge in [-0.15, -0.1) is 11.3 Å². The van der Waals surface area contributed by atoms with Crippen LogP contribution in [-0.2, 0) is 0 Å². The van der Waals surface area contributed by atoms with Gasteiger partial charge in [0.2, 0.25) is 0 Å². The Bertz CT molecular complexity index is 1280. The summed E-state index contributed by atoms with van der Waals surface area (Å²) in [7, 11) is 0. The van der Waals surface area contributed by atoms with Gasteiger partial charge in [0.25, 0.3) is 0 Å². The minimum atomic E-state index is 1.23. The van der Waals surface area contributed by atoms with Gasteiger partial charge < -0.3 is 0 Å². The topological polar surface area (TPSA) is 0 Å². The number of benzene rings is 4. The number of hydrogen-bond donors (Lipinski definition) is 0. The van der Waals surface area contributed by atoms with E-state index in [1.165, 1.54) is 43.1 Å². The van der Waals surface area contributed by atoms with Crippen LogP contribution in [0.15, 0.2) is 121 Å². The van der Waals surface area contributed by atoms with E-state index >= 15 is 0 Å². The Balaban J connectivity index is 0.000000186. The van der Waals surface area contributed by atoms with E-state index in [0.29, 0.717) is 0 Å². The van der Waals surface area contributed by atoms with Gasteiger partial charge >= 0.3 is 0 Å². The van der Waals surface area contributed by atoms with Crippen LogP contribution in [0.5, 0.6) is 0 Å². The highest BCUT2D eigenvalue weighted by atomic mass is 32.1. The number of aryl methyl sites for hydroxylation is 2. The second kappa shape index (κ2) is 13.9. The highest BCUT2D eigenvalue weighted by Gasteiger charge is 2.04. The van der Waals surface area contributed by atoms with E-state index in [1.807, 2.05) is 31.3 Å². The lowest BCUT2D eigenvalue weighted by atomic mass is 10.1. The molecule has 0 amide bonds. The molecule has 0 unspecified atom stereocenters. The Kier molecular flexibility index (Phi) is 10.3. The van der Waals surface area contributed by atoms with Crippen molar-refractivity contribution in [2.45, 2.75) is 27.7 Å². The van der Waals surface area contributed by atoms with E-state index in [2.05, 4.69) is 141 Å². The molecule has 5 aromatic rings. The summed E-state index contributed by atoms with van der Waals surface area (Å²) >= 11 is 1.84. The van der Waals surface area contributed by atoms with Crippen LogP contribution >= 0.6 is 11.3 Å². The second-order valence-corrected chi connectivity index (χ2v) is 9.13. The Morgan fingerprint density at radius 2 is 0.829 bits per heavy atom. The van der Waals surface area contributed by atoms with Crippen molar-refractivity contribution in [3.63, 3.8) is 0 Å². The van der Waals surface area contributed by atoms with Gasteiger partial charge in [0.15, 0.2) is 0 Å². The summed E-state index contributed by atoms with van der Waals surface area (Å²) in [4.78, 5) is 2.65. The highest BCUT2D eigenvalue weighted by molar-refractivity contribution is 7.18. The van der Waals surface area contributed by atoms with Gasteiger partial charge in [-0.05, 0) is 48.2 Å². The summed E-state index contributed by atoms with van der Waals surface area (Å²) in [6.07, 6.45) is 4.26. The standard InChI is InChI=1S/C17H14S.C15H14.C2H6/c1-13-7-9-15(10-8-13)17-12-11-16(18-17)14-5-3-2-4-6-14;1-13-7-9-15(10-8-13)12-11-14-5-3-2-4-6-14;1-2/h2-12H,1H3;2-12H,1H3;1-2H3/b;12-11+;. The van der Waals surface area contributed by atoms with E-state index in [1.54, 1.807) is 0 Å². The number of thiophene rings is 1. The molecule has 1 aromatic heterocycles. The van der Waals surface area contributed by atoms with Crippen LogP contribution < -0.4 is 0 Å². The predicted octanol–water partition coefficient (Wildman–Crippen LogP) is 10.6. The van der Waals surface area contributed by atoms with Crippen molar-refractivity contribution in [2.24, 2.45) is 0 Å². The molecular weight excluding hydrogens is 440 g/mol. The fraction of sp³-hybridized carbons (Fsp3) is 0.118. The lowest BCUT2D eigenvalue weighted by Gasteiger charge is -1.98. The lowest BCUT2D eigenvalue weighted by molar-refractivity contribution is 1.46. The molecule has 0 fully saturated rings. The van der Waals surface area contributed by atoms with Crippen LogP contribution in [0.2, 0.25) is 0 Å². The Hall–Kier alpha value is -3.68. The molecule has 0 spiro atoms. The van der Waals surface area contributed by atoms with Crippen molar-refractivity contribution in [3.05, 3.63) is 144 Å². The maximum Gasteiger partial charge on any atom is 0.0349 e. The molecule has 0 aliphatic heterocycles. The third kappa shape index (κ3) is 8.24. The van der Waals surface area contributed by atoms with Crippen molar-refractivity contribution in [2.75, 3.05) is 0 Å². The minimum Gasteiger partial charge on any atom is -0.135 e. The Labute approximate surface area is 215 Å². The van der Waals surface area contributed by atoms with Crippen LogP contribution in [0.3, 0.4) is 0 Å². The van der Waals surface area contributed by atoms with Crippen LogP contribution in [0.25, 0.3) is 33.0 Å². The minimum absolute atomic E-state index is 1.23. The fourth-order valence-electron chi connectivity index (χ4n) is 3.40. The molecule has 0 N–H and O–H groups in total. The average Bonchev–Trinajstić information content (AvgIpc) is 3.42. The van der Waals surface area contributed by atoms with E-state index < -0.39 is 0 Å². The second-order valence-electron chi connectivity index (χ2n) is 8.05. The fourth-order valence-corrected chi connectivity index (χ4v) is 4.42. The van der Waals surface area contributed by atoms with Crippen LogP contribution in [0.1, 0.15) is 36.1 Å². The van der Waals surface area contributed by atoms with Crippen molar-refractivity contribution in [1.82, 2.24) is 0 Å². The molecule has 1 heteroatoms. The maximum atomic E-state index is 2.21. The van der Waals surface area contributed by atoms with Gasteiger partial charge in [-0.2, -0.15) is 0 Å². The number of hydrogen-bond acceptors (Lipinski definition) is 1. The van der Waals surface area contributed by atoms with Crippen LogP contribution in [0, 0.1) is 13.8 Å². The van der Waals surface area contributed by atoms with Crippen molar-refractivity contribution in [3.8, 4) is 20.9 Å². The monoisotopic (exact) mass is 474 g/mol. The van der Waals surface area contributed by atoms with Gasteiger partial charge in [-0.1, -0.05) is 146 Å². The van der Waals surface area contributed by atoms with Gasteiger partial charge in [-0.25, -0.2) is 0 Å². The summed E-state index contributed by atoms with van der Waals surface area (Å²) in [5.74, 6) is 0. The molecule has 176 valence electrons. The molecular formula is C34H34S. The van der Waals surface area contributed by atoms with Crippen LogP contribution in [-0.4, -0.2) is 0 Å². The molecule has 4 aromatic carbocycles. The molecule has 35 heavy (non-hydrogen) atoms. The third-order valence-electron chi connectivity index (χ3n) is 5.35. The summed E-state index contributed by atoms with van der Waals surface area (Å²) in [6, 6.07) is 42.5. The molecule has 0 nitrogen and oxygen atoms in total. The van der Waals surface area contributed by atoms with Gasteiger partial charge in [0.05, 0.1) is 0 Å². The molecule has 0 aliphatic rings. The van der Waals surface area contributed by atoms with Crippen LogP contribution in [0.4, 0.5) is 0 Å². The first-order valence-electron chi connectivity index (χ1n) is 12.2. The van der Waals surface area contributed by atoms with Crippen molar-refractivity contribution >= 4 is 23.5 Å². The predicted molar refractivity (Wildman–Crippen MR) is 158 cm³/mol. The first kappa shape index (κ1) is 25.9. The smallest absolute Gasteiger partial charge is 0.0349 e. The van der Waals surface area contributed by atoms with E-state index in [9.17, 15) is 0 Å². The lowest BCUT2D eigenvalue weighted by Crippen LogP contribution is -1.74. The van der Waals surface area contributed by atoms with E-state index in [4.69, 9.17) is 0 Å². The van der Waals surface area contributed by atoms with Gasteiger partial charge in [0.1, 0.15) is 0 Å². The first-order valence-corrected chi connectivity index (χ1v) is 13.0. The van der Waals surface area contributed by atoms with Crippen molar-refractivity contribution < 1.29 is 0 Å². The summed E-state index contributed by atoms with van der Waals surface area (Å²) < 4.78 is 0. The highest BCUT2D eigenvalue weighted by Crippen LogP contribution is 2.34. The molecule has 1 heterocycles. The molecule has 0 radical (unpaired) electrons. The third-order valence-corrected chi connectivity index (χ3v) is 6.53. The first-order chi connectivity index (χ1) is 17.2. The Morgan fingerprint density at radius 3 is 1.34 bits per heavy atom. The zero-order valence-corrected chi connectivity index (χ0v) is 21.9. The molecule has 0 atom stereocenters. The van der Waals surface area contributed by atoms with E-state index in [-0.39, 0.29) is 0 Å². The van der Waals surface area contributed by atoms with E-state index in [0.717, 1.165) is 0 Å². The molecule has 0 aliphatic carbocycles. The maximum absolute atomic E-state index is 2.21. The Morgan fingerprint density at radius 1 is 0.429 bits per heavy atom. The molecule has 0 bridgehead atoms. The number of rotatable bonds is 4. The van der Waals surface area contributed by atoms with Gasteiger partial charge in [-0.3, -0.25) is 0 Å². The normalized spacial score (nSPS) is 10.2. The quantitative estimate of drug-likeness (QED) is 0.227. The SMILES string of the molecule is CC.Cc1ccc(-c2ccc(-c3ccccc3)s2)cc1.Cc1ccc(/C=C/c2ccccc2)cc1. The molecule has 0 saturated heterocycles. The molecule has 0 saturated carbocycles. The summed E-state index contributed by atoms with van der Waals surface area (Å²) in [6.45, 7) is 8.22. The largest absolute Gasteiger partial charge is 0.135 e. The van der Waals surface area contributed by atoms with Crippen molar-refractivity contribution in [1.29, 1.82) is 0 Å². The zero-order valence-electron chi connectivity index (χ0n) is 21.1. The summed E-state index contributed by atoms with van der Waals surface area (Å²) in [5, 5.41) is 0. The average molecular weight is 475 g/mol. The summed E-state index contributed by atoms with van der Waals surface area (Å²) in [5.41, 5.74) is 7.67. The molecule has 5 rings (SSSR count).